The molecule has 1 N–H and O–H groups in total. The minimum absolute atomic E-state index is 0.00578. The summed E-state index contributed by atoms with van der Waals surface area (Å²) in [6, 6.07) is 1.99. The average molecular weight is 537 g/mol. The Bertz CT molecular complexity index is 1570. The van der Waals surface area contributed by atoms with Crippen LogP contribution in [0.15, 0.2) is 30.6 Å². The Balaban J connectivity index is 1.54. The zero-order valence-electron chi connectivity index (χ0n) is 19.0. The Morgan fingerprint density at radius 1 is 1.24 bits per heavy atom. The fourth-order valence-corrected chi connectivity index (χ4v) is 4.80. The molecule has 0 radical (unpaired) electrons. The molecule has 5 rings (SSSR count). The van der Waals surface area contributed by atoms with Crippen molar-refractivity contribution >= 4 is 34.5 Å². The number of hydrogen-bond donors (Lipinski definition) is 1. The molecular formula is C23H17ClF4N6O3. The number of amides is 1. The minimum atomic E-state index is -2.91. The second kappa shape index (κ2) is 9.14. The van der Waals surface area contributed by atoms with Crippen molar-refractivity contribution < 1.29 is 32.3 Å². The van der Waals surface area contributed by atoms with E-state index >= 15 is 4.39 Å². The zero-order valence-corrected chi connectivity index (χ0v) is 19.8. The number of aromatic nitrogens is 5. The lowest BCUT2D eigenvalue weighted by molar-refractivity contribution is -0.142. The maximum Gasteiger partial charge on any atom is 0.333 e. The molecule has 1 aliphatic heterocycles. The highest BCUT2D eigenvalue weighted by molar-refractivity contribution is 6.33. The van der Waals surface area contributed by atoms with E-state index in [4.69, 9.17) is 11.6 Å². The Morgan fingerprint density at radius 3 is 2.68 bits per heavy atom. The molecule has 0 saturated heterocycles. The summed E-state index contributed by atoms with van der Waals surface area (Å²) in [7, 11) is 1.57. The summed E-state index contributed by atoms with van der Waals surface area (Å²) >= 11 is 6.11. The number of carboxylic acid groups (broad SMARTS) is 1. The number of aliphatic carboxylic acids is 1. The molecule has 0 bridgehead atoms. The number of rotatable bonds is 6. The number of alkyl halides is 2. The summed E-state index contributed by atoms with van der Waals surface area (Å²) in [5, 5.41) is 17.3. The number of halogens is 5. The maximum absolute atomic E-state index is 15.1. The topological polar surface area (TPSA) is 106 Å². The average Bonchev–Trinajstić information content (AvgIpc) is 3.42. The van der Waals surface area contributed by atoms with Gasteiger partial charge >= 0.3 is 12.5 Å². The fraction of sp³-hybridized carbons (Fsp3) is 0.261. The molecule has 9 nitrogen and oxygen atoms in total. The van der Waals surface area contributed by atoms with E-state index in [9.17, 15) is 27.9 Å². The third-order valence-electron chi connectivity index (χ3n) is 6.28. The van der Waals surface area contributed by atoms with Crippen LogP contribution in [0, 0.1) is 11.6 Å². The molecule has 1 atom stereocenters. The monoisotopic (exact) mass is 536 g/mol. The molecule has 0 saturated carbocycles. The van der Waals surface area contributed by atoms with Gasteiger partial charge in [-0.2, -0.15) is 19.0 Å². The maximum atomic E-state index is 15.1. The molecule has 4 heterocycles. The first-order chi connectivity index (χ1) is 17.6. The molecule has 37 heavy (non-hydrogen) atoms. The third kappa shape index (κ3) is 4.18. The van der Waals surface area contributed by atoms with Crippen LogP contribution in [0.4, 0.5) is 17.6 Å². The molecule has 1 amide bonds. The first-order valence-corrected chi connectivity index (χ1v) is 11.3. The summed E-state index contributed by atoms with van der Waals surface area (Å²) in [6.45, 7) is -3.05. The van der Waals surface area contributed by atoms with Crippen molar-refractivity contribution in [1.82, 2.24) is 29.4 Å². The number of carbonyl (C=O) groups is 2. The van der Waals surface area contributed by atoms with Crippen LogP contribution in [-0.2, 0) is 24.7 Å². The highest BCUT2D eigenvalue weighted by Crippen LogP contribution is 2.35. The lowest BCUT2D eigenvalue weighted by atomic mass is 9.90. The van der Waals surface area contributed by atoms with Gasteiger partial charge in [-0.05, 0) is 29.7 Å². The lowest BCUT2D eigenvalue weighted by Crippen LogP contribution is -2.50. The quantitative estimate of drug-likeness (QED) is 0.375. The number of pyridine rings is 1. The van der Waals surface area contributed by atoms with Gasteiger partial charge in [0.05, 0.1) is 17.3 Å². The zero-order chi connectivity index (χ0) is 26.6. The van der Waals surface area contributed by atoms with Crippen LogP contribution in [0.1, 0.15) is 28.0 Å². The number of hydrogen-bond acceptors (Lipinski definition) is 5. The van der Waals surface area contributed by atoms with Gasteiger partial charge in [0.25, 0.3) is 5.91 Å². The Labute approximate surface area is 210 Å². The highest BCUT2D eigenvalue weighted by Gasteiger charge is 2.37. The molecule has 4 aromatic rings. The highest BCUT2D eigenvalue weighted by atomic mass is 35.5. The summed E-state index contributed by atoms with van der Waals surface area (Å²) < 4.78 is 57.5. The first kappa shape index (κ1) is 24.7. The van der Waals surface area contributed by atoms with E-state index in [1.54, 1.807) is 7.05 Å². The third-order valence-corrected chi connectivity index (χ3v) is 6.53. The van der Waals surface area contributed by atoms with Crippen molar-refractivity contribution in [2.45, 2.75) is 25.4 Å². The van der Waals surface area contributed by atoms with E-state index in [1.807, 2.05) is 0 Å². The summed E-state index contributed by atoms with van der Waals surface area (Å²) in [6.07, 6.45) is 1.73. The van der Waals surface area contributed by atoms with E-state index < -0.39 is 41.7 Å². The number of benzene rings is 1. The number of nitrogens with zero attached hydrogens (tertiary/aromatic N) is 6. The van der Waals surface area contributed by atoms with Crippen LogP contribution in [0.25, 0.3) is 22.3 Å². The number of aryl methyl sites for hydroxylation is 1. The van der Waals surface area contributed by atoms with Gasteiger partial charge in [-0.15, -0.1) is 0 Å². The Hall–Kier alpha value is -4.00. The molecule has 14 heteroatoms. The van der Waals surface area contributed by atoms with Crippen LogP contribution in [0.3, 0.4) is 0 Å². The van der Waals surface area contributed by atoms with Gasteiger partial charge in [0.15, 0.2) is 11.0 Å². The van der Waals surface area contributed by atoms with Crippen molar-refractivity contribution in [3.8, 4) is 11.3 Å². The van der Waals surface area contributed by atoms with Gasteiger partial charge in [-0.1, -0.05) is 11.6 Å². The largest absolute Gasteiger partial charge is 0.480 e. The normalized spacial score (nSPS) is 14.5. The molecule has 0 unspecified atom stereocenters. The van der Waals surface area contributed by atoms with E-state index in [1.165, 1.54) is 16.8 Å². The Kier molecular flexibility index (Phi) is 6.10. The number of carbonyl (C=O) groups excluding carboxylic acids is 1. The number of carboxylic acids is 1. The van der Waals surface area contributed by atoms with Crippen LogP contribution in [-0.4, -0.2) is 59.0 Å². The molecule has 192 valence electrons. The smallest absolute Gasteiger partial charge is 0.333 e. The van der Waals surface area contributed by atoms with Crippen molar-refractivity contribution in [1.29, 1.82) is 0 Å². The van der Waals surface area contributed by atoms with Crippen molar-refractivity contribution in [2.75, 3.05) is 6.54 Å². The van der Waals surface area contributed by atoms with Crippen LogP contribution >= 0.6 is 11.6 Å². The molecule has 1 aliphatic rings. The van der Waals surface area contributed by atoms with Gasteiger partial charge in [0.2, 0.25) is 0 Å². The second-order valence-corrected chi connectivity index (χ2v) is 8.82. The van der Waals surface area contributed by atoms with Crippen molar-refractivity contribution in [3.05, 3.63) is 64.1 Å². The SMILES string of the molecule is Cn1nc(Cl)c2nc(-c3ccc(F)c4c3CCN([C@H](Cc3cnn(C(F)F)c3)C(=O)O)C4=O)c(F)cc21. The molecular weight excluding hydrogens is 520 g/mol. The summed E-state index contributed by atoms with van der Waals surface area (Å²) in [5.74, 6) is -3.97. The molecule has 0 aliphatic carbocycles. The van der Waals surface area contributed by atoms with Gasteiger partial charge < -0.3 is 10.0 Å². The summed E-state index contributed by atoms with van der Waals surface area (Å²) in [5.41, 5.74) is 0.483. The van der Waals surface area contributed by atoms with Crippen LogP contribution in [0.2, 0.25) is 5.15 Å². The molecule has 0 spiro atoms. The summed E-state index contributed by atoms with van der Waals surface area (Å²) in [4.78, 5) is 30.6. The number of fused-ring (bicyclic) bond motifs is 2. The van der Waals surface area contributed by atoms with Crippen molar-refractivity contribution in [2.24, 2.45) is 7.05 Å². The van der Waals surface area contributed by atoms with Gasteiger partial charge in [0, 0.05) is 37.8 Å². The molecule has 0 fully saturated rings. The predicted molar refractivity (Wildman–Crippen MR) is 122 cm³/mol. The predicted octanol–water partition coefficient (Wildman–Crippen LogP) is 3.85. The standard InChI is InChI=1S/C23H17ClF4N6O3/c1-32-15-7-14(26)18(30-19(15)20(24)31-32)12-2-3-13(25)17-11(12)4-5-33(21(17)35)16(22(36)37)6-10-8-29-34(9-10)23(27)28/h2-3,7-9,16,23H,4-6H2,1H3,(H,36,37)/t16-/m1/s1. The van der Waals surface area contributed by atoms with Crippen LogP contribution < -0.4 is 0 Å². The van der Waals surface area contributed by atoms with Gasteiger partial charge in [-0.3, -0.25) is 9.48 Å². The first-order valence-electron chi connectivity index (χ1n) is 10.9. The van der Waals surface area contributed by atoms with E-state index in [0.717, 1.165) is 23.4 Å². The van der Waals surface area contributed by atoms with Gasteiger partial charge in [-0.25, -0.2) is 23.2 Å². The molecule has 1 aromatic carbocycles. The van der Waals surface area contributed by atoms with Crippen molar-refractivity contribution in [3.63, 3.8) is 0 Å². The van der Waals surface area contributed by atoms with Gasteiger partial charge in [0.1, 0.15) is 23.1 Å². The lowest BCUT2D eigenvalue weighted by Gasteiger charge is -2.34. The minimum Gasteiger partial charge on any atom is -0.480 e. The van der Waals surface area contributed by atoms with Crippen LogP contribution in [0.5, 0.6) is 0 Å². The Morgan fingerprint density at radius 2 is 2.00 bits per heavy atom. The van der Waals surface area contributed by atoms with E-state index in [2.05, 4.69) is 15.2 Å². The second-order valence-electron chi connectivity index (χ2n) is 8.46. The van der Waals surface area contributed by atoms with E-state index in [0.29, 0.717) is 10.2 Å². The molecule has 3 aromatic heterocycles. The fourth-order valence-electron chi connectivity index (χ4n) is 4.55. The van der Waals surface area contributed by atoms with E-state index in [-0.39, 0.29) is 52.4 Å².